The Balaban J connectivity index is 2.06. The highest BCUT2D eigenvalue weighted by molar-refractivity contribution is 7.15. The standard InChI is InChI=1S/C13H8F2N2O2S/c14-9-2-1-7(3-10(9)15)11-5-17-8(4-12(18)19)6-20-13(17)16-11/h1-3,5-6H,4H2,(H,18,19). The third-order valence-corrected chi connectivity index (χ3v) is 3.72. The van der Waals surface area contributed by atoms with E-state index in [1.807, 2.05) is 0 Å². The monoisotopic (exact) mass is 294 g/mol. The van der Waals surface area contributed by atoms with Gasteiger partial charge in [-0.3, -0.25) is 9.20 Å². The molecule has 0 unspecified atom stereocenters. The summed E-state index contributed by atoms with van der Waals surface area (Å²) >= 11 is 1.30. The van der Waals surface area contributed by atoms with Crippen LogP contribution in [0.5, 0.6) is 0 Å². The highest BCUT2D eigenvalue weighted by atomic mass is 32.1. The van der Waals surface area contributed by atoms with Gasteiger partial charge in [0.15, 0.2) is 16.6 Å². The van der Waals surface area contributed by atoms with Crippen molar-refractivity contribution in [3.63, 3.8) is 0 Å². The lowest BCUT2D eigenvalue weighted by Crippen LogP contribution is -2.02. The first-order valence-corrected chi connectivity index (χ1v) is 6.55. The van der Waals surface area contributed by atoms with Crippen LogP contribution in [0.4, 0.5) is 8.78 Å². The van der Waals surface area contributed by atoms with E-state index in [1.54, 1.807) is 16.0 Å². The first-order valence-electron chi connectivity index (χ1n) is 5.67. The number of benzene rings is 1. The van der Waals surface area contributed by atoms with Gasteiger partial charge in [0.05, 0.1) is 12.1 Å². The molecule has 0 aliphatic carbocycles. The normalized spacial score (nSPS) is 11.1. The van der Waals surface area contributed by atoms with Crippen LogP contribution >= 0.6 is 11.3 Å². The molecule has 1 N–H and O–H groups in total. The summed E-state index contributed by atoms with van der Waals surface area (Å²) in [5.41, 5.74) is 1.52. The molecule has 0 atom stereocenters. The zero-order valence-electron chi connectivity index (χ0n) is 10.0. The Bertz CT molecular complexity index is 810. The predicted molar refractivity (Wildman–Crippen MR) is 69.8 cm³/mol. The Morgan fingerprint density at radius 3 is 2.85 bits per heavy atom. The number of aliphatic carboxylic acids is 1. The Hall–Kier alpha value is -2.28. The number of carbonyl (C=O) groups is 1. The molecule has 0 saturated heterocycles. The molecule has 0 saturated carbocycles. The van der Waals surface area contributed by atoms with Crippen LogP contribution in [0.3, 0.4) is 0 Å². The van der Waals surface area contributed by atoms with Gasteiger partial charge in [0.25, 0.3) is 0 Å². The Morgan fingerprint density at radius 1 is 1.35 bits per heavy atom. The van der Waals surface area contributed by atoms with Gasteiger partial charge in [0.1, 0.15) is 0 Å². The molecule has 0 aliphatic rings. The second kappa shape index (κ2) is 4.68. The van der Waals surface area contributed by atoms with Crippen LogP contribution < -0.4 is 0 Å². The van der Waals surface area contributed by atoms with E-state index in [4.69, 9.17) is 5.11 Å². The molecule has 7 heteroatoms. The molecule has 3 rings (SSSR count). The summed E-state index contributed by atoms with van der Waals surface area (Å²) in [6.07, 6.45) is 1.50. The summed E-state index contributed by atoms with van der Waals surface area (Å²) < 4.78 is 27.8. The minimum Gasteiger partial charge on any atom is -0.481 e. The summed E-state index contributed by atoms with van der Waals surface area (Å²) in [5.74, 6) is -2.79. The lowest BCUT2D eigenvalue weighted by atomic mass is 10.1. The Kier molecular flexibility index (Phi) is 2.98. The van der Waals surface area contributed by atoms with Crippen molar-refractivity contribution in [2.24, 2.45) is 0 Å². The number of imidazole rings is 1. The molecule has 0 amide bonds. The minimum atomic E-state index is -0.940. The van der Waals surface area contributed by atoms with Crippen LogP contribution in [0, 0.1) is 11.6 Å². The van der Waals surface area contributed by atoms with Crippen LogP contribution in [0.25, 0.3) is 16.2 Å². The SMILES string of the molecule is O=C(O)Cc1csc2nc(-c3ccc(F)c(F)c3)cn12. The van der Waals surface area contributed by atoms with Gasteiger partial charge < -0.3 is 5.11 Å². The maximum absolute atomic E-state index is 13.2. The van der Waals surface area contributed by atoms with Gasteiger partial charge in [-0.05, 0) is 18.2 Å². The molecule has 20 heavy (non-hydrogen) atoms. The molecule has 102 valence electrons. The summed E-state index contributed by atoms with van der Waals surface area (Å²) in [7, 11) is 0. The zero-order chi connectivity index (χ0) is 14.3. The third-order valence-electron chi connectivity index (χ3n) is 2.83. The van der Waals surface area contributed by atoms with Crippen molar-refractivity contribution >= 4 is 22.3 Å². The number of carboxylic acids is 1. The van der Waals surface area contributed by atoms with Crippen molar-refractivity contribution in [3.8, 4) is 11.3 Å². The number of hydrogen-bond donors (Lipinski definition) is 1. The van der Waals surface area contributed by atoms with E-state index in [0.29, 0.717) is 21.9 Å². The molecule has 4 nitrogen and oxygen atoms in total. The fourth-order valence-corrected chi connectivity index (χ4v) is 2.78. The quantitative estimate of drug-likeness (QED) is 0.808. The first-order chi connectivity index (χ1) is 9.54. The van der Waals surface area contributed by atoms with Crippen LogP contribution in [0.15, 0.2) is 29.8 Å². The van der Waals surface area contributed by atoms with E-state index in [2.05, 4.69) is 4.98 Å². The van der Waals surface area contributed by atoms with Gasteiger partial charge >= 0.3 is 5.97 Å². The van der Waals surface area contributed by atoms with E-state index >= 15 is 0 Å². The predicted octanol–water partition coefficient (Wildman–Crippen LogP) is 2.97. The van der Waals surface area contributed by atoms with Crippen molar-refractivity contribution < 1.29 is 18.7 Å². The van der Waals surface area contributed by atoms with Gasteiger partial charge in [0.2, 0.25) is 0 Å². The smallest absolute Gasteiger partial charge is 0.309 e. The van der Waals surface area contributed by atoms with E-state index in [-0.39, 0.29) is 6.42 Å². The molecule has 0 aliphatic heterocycles. The molecule has 2 aromatic heterocycles. The van der Waals surface area contributed by atoms with Crippen molar-refractivity contribution in [2.75, 3.05) is 0 Å². The molecular weight excluding hydrogens is 286 g/mol. The highest BCUT2D eigenvalue weighted by Gasteiger charge is 2.13. The van der Waals surface area contributed by atoms with Gasteiger partial charge in [-0.1, -0.05) is 0 Å². The number of fused-ring (bicyclic) bond motifs is 1. The number of hydrogen-bond acceptors (Lipinski definition) is 3. The number of rotatable bonds is 3. The Labute approximate surface area is 115 Å². The molecule has 0 fully saturated rings. The molecule has 1 aromatic carbocycles. The van der Waals surface area contributed by atoms with Gasteiger partial charge in [-0.25, -0.2) is 13.8 Å². The highest BCUT2D eigenvalue weighted by Crippen LogP contribution is 2.25. The molecule has 0 radical (unpaired) electrons. The summed E-state index contributed by atoms with van der Waals surface area (Å²) in [6, 6.07) is 3.54. The number of carboxylic acid groups (broad SMARTS) is 1. The average Bonchev–Trinajstić information content (AvgIpc) is 2.94. The summed E-state index contributed by atoms with van der Waals surface area (Å²) in [4.78, 5) is 15.6. The van der Waals surface area contributed by atoms with Crippen LogP contribution in [0.2, 0.25) is 0 Å². The molecule has 0 spiro atoms. The van der Waals surface area contributed by atoms with Crippen LogP contribution in [-0.2, 0) is 11.2 Å². The van der Waals surface area contributed by atoms with E-state index < -0.39 is 17.6 Å². The van der Waals surface area contributed by atoms with Crippen LogP contribution in [-0.4, -0.2) is 20.5 Å². The second-order valence-electron chi connectivity index (χ2n) is 4.21. The van der Waals surface area contributed by atoms with Gasteiger partial charge in [-0.2, -0.15) is 0 Å². The minimum absolute atomic E-state index is 0.117. The van der Waals surface area contributed by atoms with E-state index in [9.17, 15) is 13.6 Å². The summed E-state index contributed by atoms with van der Waals surface area (Å²) in [5, 5.41) is 10.5. The van der Waals surface area contributed by atoms with Crippen LogP contribution in [0.1, 0.15) is 5.69 Å². The first kappa shape index (κ1) is 12.7. The topological polar surface area (TPSA) is 54.6 Å². The Morgan fingerprint density at radius 2 is 2.15 bits per heavy atom. The van der Waals surface area contributed by atoms with Crippen molar-refractivity contribution in [1.29, 1.82) is 0 Å². The largest absolute Gasteiger partial charge is 0.481 e. The van der Waals surface area contributed by atoms with E-state index in [1.165, 1.54) is 17.4 Å². The maximum Gasteiger partial charge on any atom is 0.309 e. The lowest BCUT2D eigenvalue weighted by Gasteiger charge is -1.97. The molecular formula is C13H8F2N2O2S. The molecule has 3 aromatic rings. The van der Waals surface area contributed by atoms with Crippen molar-refractivity contribution in [1.82, 2.24) is 9.38 Å². The maximum atomic E-state index is 13.2. The fraction of sp³-hybridized carbons (Fsp3) is 0.0769. The van der Waals surface area contributed by atoms with Crippen molar-refractivity contribution in [3.05, 3.63) is 47.1 Å². The summed E-state index contributed by atoms with van der Waals surface area (Å²) in [6.45, 7) is 0. The number of aromatic nitrogens is 2. The number of halogens is 2. The van der Waals surface area contributed by atoms with Gasteiger partial charge in [-0.15, -0.1) is 11.3 Å². The van der Waals surface area contributed by atoms with Crippen molar-refractivity contribution in [2.45, 2.75) is 6.42 Å². The number of thiazole rings is 1. The molecule has 2 heterocycles. The molecule has 0 bridgehead atoms. The third kappa shape index (κ3) is 2.16. The van der Waals surface area contributed by atoms with Gasteiger partial charge in [0, 0.05) is 22.8 Å². The second-order valence-corrected chi connectivity index (χ2v) is 5.04. The average molecular weight is 294 g/mol. The lowest BCUT2D eigenvalue weighted by molar-refractivity contribution is -0.136. The fourth-order valence-electron chi connectivity index (χ4n) is 1.91. The number of nitrogens with zero attached hydrogens (tertiary/aromatic N) is 2. The zero-order valence-corrected chi connectivity index (χ0v) is 10.8. The van der Waals surface area contributed by atoms with E-state index in [0.717, 1.165) is 12.1 Å².